The molecule has 0 heterocycles. The topological polar surface area (TPSA) is 15.7 Å². The van der Waals surface area contributed by atoms with E-state index in [9.17, 15) is 0 Å². The van der Waals surface area contributed by atoms with Crippen molar-refractivity contribution in [2.75, 3.05) is 53.5 Å². The van der Waals surface area contributed by atoms with Crippen LogP contribution in [0.25, 0.3) is 0 Å². The van der Waals surface area contributed by atoms with Gasteiger partial charge in [0.15, 0.2) is 0 Å². The maximum Gasteiger partial charge on any atom is 0.0593 e. The van der Waals surface area contributed by atoms with Gasteiger partial charge in [0.05, 0.1) is 13.2 Å². The van der Waals surface area contributed by atoms with Crippen molar-refractivity contribution in [3.8, 4) is 0 Å². The van der Waals surface area contributed by atoms with Crippen molar-refractivity contribution in [1.82, 2.24) is 9.80 Å². The first-order chi connectivity index (χ1) is 16.2. The monoisotopic (exact) mass is 469 g/mol. The molecule has 0 aliphatic heterocycles. The van der Waals surface area contributed by atoms with Gasteiger partial charge in [0, 0.05) is 13.1 Å². The molecular formula is C30H64N2O. The Labute approximate surface area is 210 Å². The first kappa shape index (κ1) is 32.9. The standard InChI is InChI=1S/C30H64N2O/c1-5-7-9-11-13-15-17-19-21-23-25-31(3)27-29-33-30-28-32(4)26-24-22-20-18-16-14-12-10-8-6-2/h5-30H2,1-4H3. The fourth-order valence-corrected chi connectivity index (χ4v) is 4.50. The van der Waals surface area contributed by atoms with Crippen molar-refractivity contribution >= 4 is 0 Å². The molecule has 0 spiro atoms. The summed E-state index contributed by atoms with van der Waals surface area (Å²) in [5.74, 6) is 0. The summed E-state index contributed by atoms with van der Waals surface area (Å²) in [5.41, 5.74) is 0. The number of unbranched alkanes of at least 4 members (excludes halogenated alkanes) is 18. The maximum absolute atomic E-state index is 5.89. The second-order valence-electron chi connectivity index (χ2n) is 10.6. The van der Waals surface area contributed by atoms with E-state index in [1.54, 1.807) is 0 Å². The normalized spacial score (nSPS) is 11.8. The van der Waals surface area contributed by atoms with Crippen LogP contribution in [-0.4, -0.2) is 63.3 Å². The van der Waals surface area contributed by atoms with Crippen LogP contribution in [0.1, 0.15) is 142 Å². The van der Waals surface area contributed by atoms with Gasteiger partial charge in [0.25, 0.3) is 0 Å². The molecule has 0 aromatic heterocycles. The van der Waals surface area contributed by atoms with E-state index in [1.807, 2.05) is 0 Å². The molecule has 0 atom stereocenters. The maximum atomic E-state index is 5.89. The summed E-state index contributed by atoms with van der Waals surface area (Å²) in [6, 6.07) is 0. The lowest BCUT2D eigenvalue weighted by Crippen LogP contribution is -2.27. The van der Waals surface area contributed by atoms with Gasteiger partial charge in [0.1, 0.15) is 0 Å². The van der Waals surface area contributed by atoms with Crippen LogP contribution in [0.3, 0.4) is 0 Å². The van der Waals surface area contributed by atoms with E-state index in [0.29, 0.717) is 0 Å². The lowest BCUT2D eigenvalue weighted by atomic mass is 10.1. The smallest absolute Gasteiger partial charge is 0.0593 e. The Morgan fingerprint density at radius 3 is 0.939 bits per heavy atom. The third-order valence-corrected chi connectivity index (χ3v) is 7.02. The van der Waals surface area contributed by atoms with Crippen LogP contribution in [0, 0.1) is 0 Å². The lowest BCUT2D eigenvalue weighted by Gasteiger charge is -2.18. The van der Waals surface area contributed by atoms with E-state index >= 15 is 0 Å². The molecule has 0 aliphatic carbocycles. The molecule has 0 unspecified atom stereocenters. The van der Waals surface area contributed by atoms with E-state index in [2.05, 4.69) is 37.7 Å². The van der Waals surface area contributed by atoms with Crippen LogP contribution in [0.2, 0.25) is 0 Å². The number of hydrogen-bond acceptors (Lipinski definition) is 3. The highest BCUT2D eigenvalue weighted by Gasteiger charge is 2.01. The largest absolute Gasteiger partial charge is 0.379 e. The summed E-state index contributed by atoms with van der Waals surface area (Å²) in [4.78, 5) is 4.89. The van der Waals surface area contributed by atoms with Crippen molar-refractivity contribution in [3.05, 3.63) is 0 Å². The first-order valence-corrected chi connectivity index (χ1v) is 15.2. The van der Waals surface area contributed by atoms with Gasteiger partial charge in [-0.1, -0.05) is 129 Å². The first-order valence-electron chi connectivity index (χ1n) is 15.2. The molecule has 0 fully saturated rings. The van der Waals surface area contributed by atoms with E-state index < -0.39 is 0 Å². The molecule has 0 N–H and O–H groups in total. The number of likely N-dealkylation sites (N-methyl/N-ethyl adjacent to an activating group) is 2. The lowest BCUT2D eigenvalue weighted by molar-refractivity contribution is 0.0934. The average molecular weight is 469 g/mol. The Hall–Kier alpha value is -0.120. The van der Waals surface area contributed by atoms with E-state index in [0.717, 1.165) is 26.3 Å². The van der Waals surface area contributed by atoms with Gasteiger partial charge >= 0.3 is 0 Å². The molecule has 200 valence electrons. The fourth-order valence-electron chi connectivity index (χ4n) is 4.50. The molecule has 3 nitrogen and oxygen atoms in total. The minimum absolute atomic E-state index is 0.875. The van der Waals surface area contributed by atoms with Gasteiger partial charge in [-0.3, -0.25) is 0 Å². The zero-order chi connectivity index (χ0) is 24.2. The van der Waals surface area contributed by atoms with Crippen molar-refractivity contribution < 1.29 is 4.74 Å². The van der Waals surface area contributed by atoms with Crippen LogP contribution < -0.4 is 0 Å². The van der Waals surface area contributed by atoms with Crippen LogP contribution in [0.15, 0.2) is 0 Å². The zero-order valence-corrected chi connectivity index (χ0v) is 23.7. The number of rotatable bonds is 28. The summed E-state index contributed by atoms with van der Waals surface area (Å²) in [7, 11) is 4.49. The molecule has 0 saturated heterocycles. The Morgan fingerprint density at radius 1 is 0.364 bits per heavy atom. The summed E-state index contributed by atoms with van der Waals surface area (Å²) < 4.78 is 5.89. The highest BCUT2D eigenvalue weighted by molar-refractivity contribution is 4.55. The van der Waals surface area contributed by atoms with E-state index in [-0.39, 0.29) is 0 Å². The Bertz CT molecular complexity index is 318. The van der Waals surface area contributed by atoms with Gasteiger partial charge in [-0.15, -0.1) is 0 Å². The van der Waals surface area contributed by atoms with Crippen LogP contribution in [0.4, 0.5) is 0 Å². The van der Waals surface area contributed by atoms with Gasteiger partial charge in [0.2, 0.25) is 0 Å². The summed E-state index contributed by atoms with van der Waals surface area (Å²) in [6.45, 7) is 10.9. The predicted molar refractivity (Wildman–Crippen MR) is 150 cm³/mol. The van der Waals surface area contributed by atoms with Crippen molar-refractivity contribution in [2.24, 2.45) is 0 Å². The minimum Gasteiger partial charge on any atom is -0.379 e. The molecule has 0 bridgehead atoms. The average Bonchev–Trinajstić information content (AvgIpc) is 2.81. The molecule has 0 aromatic carbocycles. The zero-order valence-electron chi connectivity index (χ0n) is 23.7. The molecule has 3 heteroatoms. The Balaban J connectivity index is 3.26. The molecule has 0 radical (unpaired) electrons. The van der Waals surface area contributed by atoms with Crippen molar-refractivity contribution in [1.29, 1.82) is 0 Å². The highest BCUT2D eigenvalue weighted by Crippen LogP contribution is 2.11. The Morgan fingerprint density at radius 2 is 0.636 bits per heavy atom. The molecule has 0 aromatic rings. The number of hydrogen-bond donors (Lipinski definition) is 0. The molecule has 0 rings (SSSR count). The molecule has 0 aliphatic rings. The molecular weight excluding hydrogens is 404 g/mol. The summed E-state index contributed by atoms with van der Waals surface area (Å²) in [5, 5.41) is 0. The summed E-state index contributed by atoms with van der Waals surface area (Å²) in [6.07, 6.45) is 28.3. The Kier molecular flexibility index (Phi) is 28.0. The predicted octanol–water partition coefficient (Wildman–Crippen LogP) is 8.71. The van der Waals surface area contributed by atoms with Crippen LogP contribution >= 0.6 is 0 Å². The third kappa shape index (κ3) is 28.0. The molecule has 33 heavy (non-hydrogen) atoms. The van der Waals surface area contributed by atoms with Crippen LogP contribution in [0.5, 0.6) is 0 Å². The van der Waals surface area contributed by atoms with Gasteiger partial charge in [-0.2, -0.15) is 0 Å². The molecule has 0 amide bonds. The van der Waals surface area contributed by atoms with Crippen molar-refractivity contribution in [3.63, 3.8) is 0 Å². The second kappa shape index (κ2) is 28.1. The molecule has 0 saturated carbocycles. The third-order valence-electron chi connectivity index (χ3n) is 7.02. The van der Waals surface area contributed by atoms with E-state index in [4.69, 9.17) is 4.74 Å². The van der Waals surface area contributed by atoms with Crippen molar-refractivity contribution in [2.45, 2.75) is 142 Å². The van der Waals surface area contributed by atoms with Gasteiger partial charge in [-0.05, 0) is 40.0 Å². The highest BCUT2D eigenvalue weighted by atomic mass is 16.5. The number of ether oxygens (including phenoxy) is 1. The summed E-state index contributed by atoms with van der Waals surface area (Å²) >= 11 is 0. The number of nitrogens with zero attached hydrogens (tertiary/aromatic N) is 2. The fraction of sp³-hybridized carbons (Fsp3) is 1.00. The minimum atomic E-state index is 0.875. The quantitative estimate of drug-likeness (QED) is 0.107. The van der Waals surface area contributed by atoms with Crippen LogP contribution in [-0.2, 0) is 4.74 Å². The second-order valence-corrected chi connectivity index (χ2v) is 10.6. The van der Waals surface area contributed by atoms with Gasteiger partial charge in [-0.25, -0.2) is 0 Å². The van der Waals surface area contributed by atoms with E-state index in [1.165, 1.54) is 142 Å². The SMILES string of the molecule is CCCCCCCCCCCCN(C)CCOCCN(C)CCCCCCCCCCCC. The van der Waals surface area contributed by atoms with Gasteiger partial charge < -0.3 is 14.5 Å².